The first-order chi connectivity index (χ1) is 14.6. The summed E-state index contributed by atoms with van der Waals surface area (Å²) in [4.78, 5) is 14.9. The third kappa shape index (κ3) is 6.23. The fraction of sp³-hybridized carbons (Fsp3) is 0.480. The molecule has 3 rings (SSSR count). The van der Waals surface area contributed by atoms with Crippen molar-refractivity contribution in [1.29, 1.82) is 0 Å². The van der Waals surface area contributed by atoms with Crippen molar-refractivity contribution in [3.63, 3.8) is 0 Å². The van der Waals surface area contributed by atoms with Crippen molar-refractivity contribution in [2.24, 2.45) is 5.92 Å². The summed E-state index contributed by atoms with van der Waals surface area (Å²) in [5.74, 6) is 2.16. The first kappa shape index (κ1) is 22.2. The predicted molar refractivity (Wildman–Crippen MR) is 120 cm³/mol. The molecule has 30 heavy (non-hydrogen) atoms. The topological polar surface area (TPSA) is 50.8 Å². The van der Waals surface area contributed by atoms with Gasteiger partial charge in [-0.2, -0.15) is 0 Å². The Kier molecular flexibility index (Phi) is 8.14. The van der Waals surface area contributed by atoms with Crippen LogP contribution in [-0.2, 0) is 17.9 Å². The molecule has 5 heteroatoms. The molecular formula is C25H34N2O3. The molecule has 1 fully saturated rings. The molecule has 1 atom stereocenters. The van der Waals surface area contributed by atoms with Gasteiger partial charge in [-0.25, -0.2) is 0 Å². The van der Waals surface area contributed by atoms with Gasteiger partial charge in [0, 0.05) is 37.7 Å². The molecule has 0 saturated carbocycles. The first-order valence-corrected chi connectivity index (χ1v) is 10.8. The fourth-order valence-corrected chi connectivity index (χ4v) is 4.17. The number of likely N-dealkylation sites (tertiary alicyclic amines) is 1. The van der Waals surface area contributed by atoms with Crippen molar-refractivity contribution in [2.45, 2.75) is 45.7 Å². The Bertz CT molecular complexity index is 837. The summed E-state index contributed by atoms with van der Waals surface area (Å²) < 4.78 is 10.6. The summed E-state index contributed by atoms with van der Waals surface area (Å²) in [7, 11) is 3.26. The number of nitrogens with zero attached hydrogens (tertiary/aromatic N) is 1. The molecule has 1 amide bonds. The SMILES string of the molecule is COc1ccc(CNC(=O)CC[C@@H]2CCCN(Cc3ccccc3C)C2)c(OC)c1. The highest BCUT2D eigenvalue weighted by atomic mass is 16.5. The zero-order valence-corrected chi connectivity index (χ0v) is 18.4. The second-order valence-electron chi connectivity index (χ2n) is 8.16. The van der Waals surface area contributed by atoms with Crippen molar-refractivity contribution in [3.8, 4) is 11.5 Å². The van der Waals surface area contributed by atoms with Crippen LogP contribution in [-0.4, -0.2) is 38.1 Å². The molecule has 0 radical (unpaired) electrons. The van der Waals surface area contributed by atoms with Crippen LogP contribution in [0.1, 0.15) is 42.4 Å². The van der Waals surface area contributed by atoms with Gasteiger partial charge in [0.25, 0.3) is 0 Å². The molecule has 0 aliphatic carbocycles. The molecule has 0 bridgehead atoms. The van der Waals surface area contributed by atoms with Gasteiger partial charge in [0.05, 0.1) is 14.2 Å². The quantitative estimate of drug-likeness (QED) is 0.669. The summed E-state index contributed by atoms with van der Waals surface area (Å²) in [6, 6.07) is 14.3. The van der Waals surface area contributed by atoms with Crippen LogP contribution in [0, 0.1) is 12.8 Å². The number of carbonyl (C=O) groups is 1. The van der Waals surface area contributed by atoms with E-state index in [1.807, 2.05) is 18.2 Å². The predicted octanol–water partition coefficient (Wildman–Crippen LogP) is 4.32. The minimum Gasteiger partial charge on any atom is -0.497 e. The summed E-state index contributed by atoms with van der Waals surface area (Å²) in [6.45, 7) is 5.88. The Morgan fingerprint density at radius 3 is 2.73 bits per heavy atom. The molecule has 5 nitrogen and oxygen atoms in total. The van der Waals surface area contributed by atoms with Crippen LogP contribution in [0.25, 0.3) is 0 Å². The van der Waals surface area contributed by atoms with E-state index in [4.69, 9.17) is 9.47 Å². The number of nitrogens with one attached hydrogen (secondary N) is 1. The lowest BCUT2D eigenvalue weighted by Gasteiger charge is -2.33. The van der Waals surface area contributed by atoms with Gasteiger partial charge in [0.2, 0.25) is 5.91 Å². The van der Waals surface area contributed by atoms with Crippen LogP contribution in [0.3, 0.4) is 0 Å². The normalized spacial score (nSPS) is 16.8. The van der Waals surface area contributed by atoms with Crippen LogP contribution in [0.15, 0.2) is 42.5 Å². The molecule has 1 heterocycles. The van der Waals surface area contributed by atoms with E-state index >= 15 is 0 Å². The zero-order valence-electron chi connectivity index (χ0n) is 18.4. The number of hydrogen-bond donors (Lipinski definition) is 1. The standard InChI is InChI=1S/C25H34N2O3/c1-19-7-4-5-9-22(19)18-27-14-6-8-20(17-27)10-13-25(28)26-16-21-11-12-23(29-2)15-24(21)30-3/h4-5,7,9,11-12,15,20H,6,8,10,13-14,16-18H2,1-3H3,(H,26,28)/t20-/m0/s1. The second-order valence-corrected chi connectivity index (χ2v) is 8.16. The molecular weight excluding hydrogens is 376 g/mol. The Morgan fingerprint density at radius 2 is 1.97 bits per heavy atom. The van der Waals surface area contributed by atoms with Gasteiger partial charge in [-0.3, -0.25) is 9.69 Å². The van der Waals surface area contributed by atoms with E-state index in [9.17, 15) is 4.79 Å². The van der Waals surface area contributed by atoms with Crippen molar-refractivity contribution in [2.75, 3.05) is 27.3 Å². The number of hydrogen-bond acceptors (Lipinski definition) is 4. The highest BCUT2D eigenvalue weighted by Crippen LogP contribution is 2.25. The maximum absolute atomic E-state index is 12.4. The minimum atomic E-state index is 0.101. The molecule has 2 aromatic carbocycles. The lowest BCUT2D eigenvalue weighted by atomic mass is 9.92. The Morgan fingerprint density at radius 1 is 1.13 bits per heavy atom. The average molecular weight is 411 g/mol. The Hall–Kier alpha value is -2.53. The van der Waals surface area contributed by atoms with E-state index in [2.05, 4.69) is 41.4 Å². The van der Waals surface area contributed by atoms with Crippen LogP contribution >= 0.6 is 0 Å². The molecule has 2 aromatic rings. The molecule has 0 unspecified atom stereocenters. The van der Waals surface area contributed by atoms with Crippen LogP contribution in [0.5, 0.6) is 11.5 Å². The smallest absolute Gasteiger partial charge is 0.220 e. The number of rotatable bonds is 9. The van der Waals surface area contributed by atoms with Crippen LogP contribution < -0.4 is 14.8 Å². The van der Waals surface area contributed by atoms with Crippen molar-refractivity contribution >= 4 is 5.91 Å². The highest BCUT2D eigenvalue weighted by Gasteiger charge is 2.21. The monoisotopic (exact) mass is 410 g/mol. The molecule has 1 saturated heterocycles. The summed E-state index contributed by atoms with van der Waals surface area (Å²) in [6.07, 6.45) is 3.93. The van der Waals surface area contributed by atoms with E-state index in [-0.39, 0.29) is 5.91 Å². The summed E-state index contributed by atoms with van der Waals surface area (Å²) >= 11 is 0. The first-order valence-electron chi connectivity index (χ1n) is 10.8. The number of benzene rings is 2. The number of ether oxygens (including phenoxy) is 2. The van der Waals surface area contributed by atoms with Crippen LogP contribution in [0.4, 0.5) is 0 Å². The number of aryl methyl sites for hydroxylation is 1. The van der Waals surface area contributed by atoms with Gasteiger partial charge in [-0.1, -0.05) is 24.3 Å². The van der Waals surface area contributed by atoms with E-state index in [1.165, 1.54) is 24.0 Å². The van der Waals surface area contributed by atoms with E-state index in [0.717, 1.165) is 43.1 Å². The van der Waals surface area contributed by atoms with Gasteiger partial charge >= 0.3 is 0 Å². The fourth-order valence-electron chi connectivity index (χ4n) is 4.17. The zero-order chi connectivity index (χ0) is 21.3. The highest BCUT2D eigenvalue weighted by molar-refractivity contribution is 5.75. The van der Waals surface area contributed by atoms with E-state index in [0.29, 0.717) is 18.9 Å². The van der Waals surface area contributed by atoms with Gasteiger partial charge < -0.3 is 14.8 Å². The Balaban J connectivity index is 1.44. The maximum atomic E-state index is 12.4. The molecule has 1 aliphatic heterocycles. The maximum Gasteiger partial charge on any atom is 0.220 e. The lowest BCUT2D eigenvalue weighted by molar-refractivity contribution is -0.121. The van der Waals surface area contributed by atoms with Crippen molar-refractivity contribution < 1.29 is 14.3 Å². The molecule has 0 spiro atoms. The molecule has 0 aromatic heterocycles. The van der Waals surface area contributed by atoms with Gasteiger partial charge in [-0.05, 0) is 61.9 Å². The summed E-state index contributed by atoms with van der Waals surface area (Å²) in [5, 5.41) is 3.04. The number of piperidine rings is 1. The summed E-state index contributed by atoms with van der Waals surface area (Å²) in [5.41, 5.74) is 3.71. The number of carbonyl (C=O) groups excluding carboxylic acids is 1. The largest absolute Gasteiger partial charge is 0.497 e. The van der Waals surface area contributed by atoms with Crippen molar-refractivity contribution in [1.82, 2.24) is 10.2 Å². The molecule has 1 N–H and O–H groups in total. The van der Waals surface area contributed by atoms with Gasteiger partial charge in [-0.15, -0.1) is 0 Å². The number of methoxy groups -OCH3 is 2. The molecule has 1 aliphatic rings. The minimum absolute atomic E-state index is 0.101. The second kappa shape index (κ2) is 11.0. The third-order valence-corrected chi connectivity index (χ3v) is 6.01. The average Bonchev–Trinajstić information content (AvgIpc) is 2.78. The van der Waals surface area contributed by atoms with E-state index in [1.54, 1.807) is 14.2 Å². The third-order valence-electron chi connectivity index (χ3n) is 6.01. The number of amides is 1. The lowest BCUT2D eigenvalue weighted by Crippen LogP contribution is -2.35. The van der Waals surface area contributed by atoms with E-state index < -0.39 is 0 Å². The Labute approximate surface area is 180 Å². The van der Waals surface area contributed by atoms with Gasteiger partial charge in [0.1, 0.15) is 11.5 Å². The molecule has 162 valence electrons. The van der Waals surface area contributed by atoms with Crippen molar-refractivity contribution in [3.05, 3.63) is 59.2 Å². The van der Waals surface area contributed by atoms with Crippen LogP contribution in [0.2, 0.25) is 0 Å². The van der Waals surface area contributed by atoms with Gasteiger partial charge in [0.15, 0.2) is 0 Å².